The fraction of sp³-hybridized carbons (Fsp3) is 0.778. The Balaban J connectivity index is 3.27. The minimum Gasteiger partial charge on any atom is -0.481 e. The summed E-state index contributed by atoms with van der Waals surface area (Å²) in [4.78, 5) is 20.7. The summed E-state index contributed by atoms with van der Waals surface area (Å²) < 4.78 is 0. The van der Waals surface area contributed by atoms with Gasteiger partial charge in [0.15, 0.2) is 0 Å². The van der Waals surface area contributed by atoms with Gasteiger partial charge in [-0.1, -0.05) is 6.42 Å². The lowest BCUT2D eigenvalue weighted by molar-refractivity contribution is -0.137. The quantitative estimate of drug-likeness (QED) is 0.510. The van der Waals surface area contributed by atoms with Gasteiger partial charge >= 0.3 is 5.97 Å². The monoisotopic (exact) mass is 202 g/mol. The van der Waals surface area contributed by atoms with Gasteiger partial charge in [-0.15, -0.1) is 0 Å². The maximum absolute atomic E-state index is 10.5. The van der Waals surface area contributed by atoms with Crippen molar-refractivity contribution in [3.63, 3.8) is 0 Å². The zero-order valence-corrected chi connectivity index (χ0v) is 8.45. The van der Waals surface area contributed by atoms with Crippen LogP contribution < -0.4 is 11.1 Å². The summed E-state index contributed by atoms with van der Waals surface area (Å²) in [6.07, 6.45) is 2.38. The summed E-state index contributed by atoms with van der Waals surface area (Å²) in [5.41, 5.74) is 5.55. The first-order valence-electron chi connectivity index (χ1n) is 4.74. The zero-order chi connectivity index (χ0) is 11.0. The molecule has 0 aromatic carbocycles. The molecule has 0 aromatic rings. The van der Waals surface area contributed by atoms with Gasteiger partial charge in [0.05, 0.1) is 6.42 Å². The number of carbonyl (C=O) groups excluding carboxylic acids is 1. The van der Waals surface area contributed by atoms with E-state index in [1.807, 2.05) is 0 Å². The van der Waals surface area contributed by atoms with Crippen LogP contribution in [0.15, 0.2) is 0 Å². The van der Waals surface area contributed by atoms with Crippen LogP contribution in [0.2, 0.25) is 0 Å². The molecule has 0 rings (SSSR count). The molecular weight excluding hydrogens is 184 g/mol. The average Bonchev–Trinajstić information content (AvgIpc) is 2.01. The molecule has 5 nitrogen and oxygen atoms in total. The number of aliphatic carboxylic acids is 1. The first-order chi connectivity index (χ1) is 6.52. The van der Waals surface area contributed by atoms with Crippen molar-refractivity contribution in [3.8, 4) is 0 Å². The fourth-order valence-corrected chi connectivity index (χ4v) is 1.12. The summed E-state index contributed by atoms with van der Waals surface area (Å²) in [7, 11) is 0. The molecule has 0 saturated carbocycles. The van der Waals surface area contributed by atoms with Crippen molar-refractivity contribution in [1.29, 1.82) is 0 Å². The Kier molecular flexibility index (Phi) is 6.74. The van der Waals surface area contributed by atoms with E-state index in [0.29, 0.717) is 13.0 Å². The van der Waals surface area contributed by atoms with Crippen LogP contribution >= 0.6 is 0 Å². The van der Waals surface area contributed by atoms with E-state index in [-0.39, 0.29) is 18.4 Å². The molecule has 0 radical (unpaired) electrons. The van der Waals surface area contributed by atoms with Crippen LogP contribution in [0.25, 0.3) is 0 Å². The van der Waals surface area contributed by atoms with Crippen molar-refractivity contribution in [2.75, 3.05) is 6.54 Å². The van der Waals surface area contributed by atoms with E-state index in [2.05, 4.69) is 5.32 Å². The summed E-state index contributed by atoms with van der Waals surface area (Å²) in [5.74, 6) is -0.904. The highest BCUT2D eigenvalue weighted by Crippen LogP contribution is 2.01. The number of hydrogen-bond donors (Lipinski definition) is 3. The summed E-state index contributed by atoms with van der Waals surface area (Å²) in [5, 5.41) is 11.1. The van der Waals surface area contributed by atoms with Gasteiger partial charge in [0.1, 0.15) is 0 Å². The highest BCUT2D eigenvalue weighted by molar-refractivity contribution is 5.72. The van der Waals surface area contributed by atoms with Gasteiger partial charge in [-0.3, -0.25) is 9.59 Å². The minimum absolute atomic E-state index is 0.0140. The van der Waals surface area contributed by atoms with Crippen LogP contribution in [0.1, 0.15) is 32.6 Å². The lowest BCUT2D eigenvalue weighted by Crippen LogP contribution is -2.24. The van der Waals surface area contributed by atoms with Crippen LogP contribution in [0.5, 0.6) is 0 Å². The van der Waals surface area contributed by atoms with Crippen molar-refractivity contribution < 1.29 is 14.7 Å². The largest absolute Gasteiger partial charge is 0.481 e. The molecule has 0 spiro atoms. The van der Waals surface area contributed by atoms with Gasteiger partial charge in [0.25, 0.3) is 0 Å². The number of carbonyl (C=O) groups is 2. The summed E-state index contributed by atoms with van der Waals surface area (Å²) >= 11 is 0. The molecule has 0 aliphatic heterocycles. The molecule has 0 unspecified atom stereocenters. The van der Waals surface area contributed by atoms with Crippen LogP contribution in [-0.2, 0) is 9.59 Å². The molecule has 1 amide bonds. The van der Waals surface area contributed by atoms with E-state index in [4.69, 9.17) is 10.8 Å². The predicted molar refractivity (Wildman–Crippen MR) is 52.8 cm³/mol. The van der Waals surface area contributed by atoms with Crippen molar-refractivity contribution in [3.05, 3.63) is 0 Å². The second kappa shape index (κ2) is 7.32. The molecule has 0 bridgehead atoms. The Morgan fingerprint density at radius 1 is 1.43 bits per heavy atom. The van der Waals surface area contributed by atoms with Gasteiger partial charge in [0.2, 0.25) is 5.91 Å². The number of hydrogen-bond acceptors (Lipinski definition) is 3. The molecule has 1 atom stereocenters. The van der Waals surface area contributed by atoms with Crippen LogP contribution in [0.4, 0.5) is 0 Å². The smallest absolute Gasteiger partial charge is 0.304 e. The van der Waals surface area contributed by atoms with Gasteiger partial charge in [0, 0.05) is 19.5 Å². The maximum atomic E-state index is 10.5. The number of carboxylic acid groups (broad SMARTS) is 1. The topological polar surface area (TPSA) is 92.4 Å². The first kappa shape index (κ1) is 12.9. The van der Waals surface area contributed by atoms with Crippen LogP contribution in [0, 0.1) is 0 Å². The number of nitrogens with two attached hydrogens (primary N) is 1. The lowest BCUT2D eigenvalue weighted by Gasteiger charge is -2.08. The molecule has 82 valence electrons. The molecule has 0 saturated heterocycles. The summed E-state index contributed by atoms with van der Waals surface area (Å²) in [6, 6.07) is -0.273. The highest BCUT2D eigenvalue weighted by atomic mass is 16.4. The molecule has 0 heterocycles. The van der Waals surface area contributed by atoms with Gasteiger partial charge in [-0.2, -0.15) is 0 Å². The Labute approximate surface area is 83.7 Å². The van der Waals surface area contributed by atoms with Crippen molar-refractivity contribution in [2.45, 2.75) is 38.6 Å². The number of carboxylic acids is 1. The molecule has 0 aliphatic carbocycles. The Hall–Kier alpha value is -1.10. The van der Waals surface area contributed by atoms with Crippen LogP contribution in [0.3, 0.4) is 0 Å². The van der Waals surface area contributed by atoms with Crippen LogP contribution in [-0.4, -0.2) is 29.6 Å². The van der Waals surface area contributed by atoms with E-state index in [1.165, 1.54) is 6.92 Å². The average molecular weight is 202 g/mol. The standard InChI is InChI=1S/C9H18N2O3/c1-7(12)11-5-3-2-4-8(10)6-9(13)14/h8H,2-6,10H2,1H3,(H,11,12)(H,13,14)/t8-/m0/s1. The molecule has 0 aromatic heterocycles. The van der Waals surface area contributed by atoms with E-state index in [0.717, 1.165) is 12.8 Å². The Morgan fingerprint density at radius 3 is 2.57 bits per heavy atom. The third kappa shape index (κ3) is 8.99. The van der Waals surface area contributed by atoms with E-state index in [9.17, 15) is 9.59 Å². The van der Waals surface area contributed by atoms with Crippen molar-refractivity contribution >= 4 is 11.9 Å². The number of nitrogens with one attached hydrogen (secondary N) is 1. The van der Waals surface area contributed by atoms with Gasteiger partial charge in [-0.25, -0.2) is 0 Å². The third-order valence-corrected chi connectivity index (χ3v) is 1.81. The lowest BCUT2D eigenvalue weighted by atomic mass is 10.1. The summed E-state index contributed by atoms with van der Waals surface area (Å²) in [6.45, 7) is 2.10. The molecule has 14 heavy (non-hydrogen) atoms. The predicted octanol–water partition coefficient (Wildman–Crippen LogP) is 0.0948. The first-order valence-corrected chi connectivity index (χ1v) is 4.74. The van der Waals surface area contributed by atoms with Gasteiger partial charge in [-0.05, 0) is 12.8 Å². The third-order valence-electron chi connectivity index (χ3n) is 1.81. The molecule has 0 aliphatic rings. The highest BCUT2D eigenvalue weighted by Gasteiger charge is 2.06. The van der Waals surface area contributed by atoms with Crippen molar-refractivity contribution in [1.82, 2.24) is 5.32 Å². The normalized spacial score (nSPS) is 12.1. The minimum atomic E-state index is -0.862. The van der Waals surface area contributed by atoms with Crippen molar-refractivity contribution in [2.24, 2.45) is 5.73 Å². The second-order valence-electron chi connectivity index (χ2n) is 3.34. The fourth-order valence-electron chi connectivity index (χ4n) is 1.12. The van der Waals surface area contributed by atoms with E-state index >= 15 is 0 Å². The number of unbranched alkanes of at least 4 members (excludes halogenated alkanes) is 1. The number of rotatable bonds is 7. The maximum Gasteiger partial charge on any atom is 0.304 e. The van der Waals surface area contributed by atoms with Gasteiger partial charge < -0.3 is 16.2 Å². The molecular formula is C9H18N2O3. The Morgan fingerprint density at radius 2 is 2.07 bits per heavy atom. The molecule has 4 N–H and O–H groups in total. The second-order valence-corrected chi connectivity index (χ2v) is 3.34. The Bertz CT molecular complexity index is 194. The van der Waals surface area contributed by atoms with E-state index in [1.54, 1.807) is 0 Å². The zero-order valence-electron chi connectivity index (χ0n) is 8.45. The number of amides is 1. The molecule has 0 fully saturated rings. The van der Waals surface area contributed by atoms with E-state index < -0.39 is 5.97 Å². The SMILES string of the molecule is CC(=O)NCCCC[C@H](N)CC(=O)O. The molecule has 5 heteroatoms.